The van der Waals surface area contributed by atoms with Crippen molar-refractivity contribution in [3.63, 3.8) is 0 Å². The van der Waals surface area contributed by atoms with Gasteiger partial charge < -0.3 is 10.6 Å². The molecule has 0 saturated carbocycles. The predicted molar refractivity (Wildman–Crippen MR) is 93.7 cm³/mol. The van der Waals surface area contributed by atoms with Crippen molar-refractivity contribution in [2.45, 2.75) is 59.3 Å². The zero-order chi connectivity index (χ0) is 15.7. The quantitative estimate of drug-likeness (QED) is 0.576. The molecule has 21 heavy (non-hydrogen) atoms. The molecule has 1 amide bonds. The van der Waals surface area contributed by atoms with E-state index in [1.54, 1.807) is 0 Å². The topological polar surface area (TPSA) is 41.1 Å². The van der Waals surface area contributed by atoms with Crippen molar-refractivity contribution in [2.24, 2.45) is 0 Å². The van der Waals surface area contributed by atoms with E-state index >= 15 is 0 Å². The Balaban J connectivity index is 2.31. The fourth-order valence-electron chi connectivity index (χ4n) is 2.19. The van der Waals surface area contributed by atoms with Crippen molar-refractivity contribution >= 4 is 28.9 Å². The molecule has 3 nitrogen and oxygen atoms in total. The van der Waals surface area contributed by atoms with Crippen LogP contribution in [0, 0.1) is 13.8 Å². The number of amides is 1. The normalized spacial score (nSPS) is 10.2. The molecule has 0 saturated heterocycles. The molecule has 116 valence electrons. The Morgan fingerprint density at radius 3 is 2.52 bits per heavy atom. The van der Waals surface area contributed by atoms with Crippen LogP contribution in [0.4, 0.5) is 5.69 Å². The summed E-state index contributed by atoms with van der Waals surface area (Å²) >= 11 is 5.18. The molecule has 0 bridgehead atoms. The summed E-state index contributed by atoms with van der Waals surface area (Å²) in [6.45, 7) is 6.26. The number of rotatable bonds is 7. The molecule has 0 aromatic heterocycles. The second-order valence-corrected chi connectivity index (χ2v) is 5.89. The molecule has 0 heterocycles. The largest absolute Gasteiger partial charge is 0.332 e. The molecule has 0 unspecified atom stereocenters. The van der Waals surface area contributed by atoms with E-state index in [1.165, 1.54) is 24.8 Å². The van der Waals surface area contributed by atoms with E-state index in [9.17, 15) is 4.79 Å². The summed E-state index contributed by atoms with van der Waals surface area (Å²) in [4.78, 5) is 11.8. The molecule has 2 N–H and O–H groups in total. The summed E-state index contributed by atoms with van der Waals surface area (Å²) < 4.78 is 0. The van der Waals surface area contributed by atoms with E-state index in [1.807, 2.05) is 19.1 Å². The molecule has 0 spiro atoms. The van der Waals surface area contributed by atoms with E-state index in [2.05, 4.69) is 30.5 Å². The first-order valence-electron chi connectivity index (χ1n) is 7.71. The first-order chi connectivity index (χ1) is 10.0. The van der Waals surface area contributed by atoms with Gasteiger partial charge in [-0.05, 0) is 44.1 Å². The van der Waals surface area contributed by atoms with Gasteiger partial charge in [-0.25, -0.2) is 0 Å². The number of unbranched alkanes of at least 4 members (excludes halogenated alkanes) is 4. The fraction of sp³-hybridized carbons (Fsp3) is 0.529. The third kappa shape index (κ3) is 7.23. The summed E-state index contributed by atoms with van der Waals surface area (Å²) in [6.07, 6.45) is 6.24. The Morgan fingerprint density at radius 1 is 1.14 bits per heavy atom. The van der Waals surface area contributed by atoms with Crippen LogP contribution in [0.25, 0.3) is 0 Å². The number of nitrogens with one attached hydrogen (secondary N) is 2. The molecule has 1 aromatic carbocycles. The monoisotopic (exact) mass is 306 g/mol. The fourth-order valence-corrected chi connectivity index (χ4v) is 2.41. The van der Waals surface area contributed by atoms with Crippen molar-refractivity contribution in [3.8, 4) is 0 Å². The summed E-state index contributed by atoms with van der Waals surface area (Å²) in [5, 5.41) is 6.20. The highest BCUT2D eigenvalue weighted by Gasteiger charge is 2.06. The van der Waals surface area contributed by atoms with Crippen molar-refractivity contribution in [1.29, 1.82) is 0 Å². The zero-order valence-electron chi connectivity index (χ0n) is 13.3. The molecule has 0 radical (unpaired) electrons. The van der Waals surface area contributed by atoms with Gasteiger partial charge in [0.15, 0.2) is 5.11 Å². The minimum absolute atomic E-state index is 0.00577. The molecule has 1 rings (SSSR count). The summed E-state index contributed by atoms with van der Waals surface area (Å²) in [5.74, 6) is -0.00577. The van der Waals surface area contributed by atoms with Crippen LogP contribution >= 0.6 is 12.2 Å². The van der Waals surface area contributed by atoms with Gasteiger partial charge in [0.2, 0.25) is 5.91 Å². The van der Waals surface area contributed by atoms with Gasteiger partial charge >= 0.3 is 0 Å². The van der Waals surface area contributed by atoms with Crippen LogP contribution in [0.3, 0.4) is 0 Å². The third-order valence-electron chi connectivity index (χ3n) is 3.39. The van der Waals surface area contributed by atoms with Gasteiger partial charge in [-0.1, -0.05) is 50.3 Å². The number of anilines is 1. The lowest BCUT2D eigenvalue weighted by Gasteiger charge is -2.12. The molecule has 0 aliphatic rings. The highest BCUT2D eigenvalue weighted by Crippen LogP contribution is 2.15. The first kappa shape index (κ1) is 17.6. The smallest absolute Gasteiger partial charge is 0.226 e. The van der Waals surface area contributed by atoms with Crippen LogP contribution in [-0.2, 0) is 4.79 Å². The minimum atomic E-state index is -0.00577. The SMILES string of the molecule is CCCCCCCC(=O)NC(=S)Nc1ccc(C)cc1C. The van der Waals surface area contributed by atoms with Crippen molar-refractivity contribution in [2.75, 3.05) is 5.32 Å². The van der Waals surface area contributed by atoms with Crippen molar-refractivity contribution < 1.29 is 4.79 Å². The first-order valence-corrected chi connectivity index (χ1v) is 8.12. The maximum atomic E-state index is 11.8. The van der Waals surface area contributed by atoms with Crippen molar-refractivity contribution in [1.82, 2.24) is 5.32 Å². The van der Waals surface area contributed by atoms with Crippen LogP contribution in [0.2, 0.25) is 0 Å². The molecular weight excluding hydrogens is 280 g/mol. The lowest BCUT2D eigenvalue weighted by molar-refractivity contribution is -0.119. The van der Waals surface area contributed by atoms with E-state index < -0.39 is 0 Å². The highest BCUT2D eigenvalue weighted by molar-refractivity contribution is 7.80. The molecule has 4 heteroatoms. The zero-order valence-corrected chi connectivity index (χ0v) is 14.1. The lowest BCUT2D eigenvalue weighted by Crippen LogP contribution is -2.34. The summed E-state index contributed by atoms with van der Waals surface area (Å²) in [7, 11) is 0. The Hall–Kier alpha value is -1.42. The van der Waals surface area contributed by atoms with E-state index in [0.717, 1.165) is 24.1 Å². The Kier molecular flexibility index (Phi) is 7.98. The van der Waals surface area contributed by atoms with Gasteiger partial charge in [0.25, 0.3) is 0 Å². The predicted octanol–water partition coefficient (Wildman–Crippen LogP) is 4.48. The average molecular weight is 306 g/mol. The Morgan fingerprint density at radius 2 is 1.86 bits per heavy atom. The summed E-state index contributed by atoms with van der Waals surface area (Å²) in [6, 6.07) is 6.09. The van der Waals surface area contributed by atoms with Crippen LogP contribution in [0.15, 0.2) is 18.2 Å². The minimum Gasteiger partial charge on any atom is -0.332 e. The second kappa shape index (κ2) is 9.50. The molecule has 0 aliphatic heterocycles. The molecule has 1 aromatic rings. The number of hydrogen-bond donors (Lipinski definition) is 2. The van der Waals surface area contributed by atoms with Crippen LogP contribution in [0.5, 0.6) is 0 Å². The number of hydrogen-bond acceptors (Lipinski definition) is 2. The molecular formula is C17H26N2OS. The Labute approximate surface area is 133 Å². The van der Waals surface area contributed by atoms with Crippen LogP contribution < -0.4 is 10.6 Å². The number of carbonyl (C=O) groups is 1. The lowest BCUT2D eigenvalue weighted by atomic mass is 10.1. The van der Waals surface area contributed by atoms with Crippen LogP contribution in [-0.4, -0.2) is 11.0 Å². The van der Waals surface area contributed by atoms with Gasteiger partial charge in [0.1, 0.15) is 0 Å². The maximum absolute atomic E-state index is 11.8. The van der Waals surface area contributed by atoms with Gasteiger partial charge in [-0.2, -0.15) is 0 Å². The second-order valence-electron chi connectivity index (χ2n) is 5.48. The standard InChI is InChI=1S/C17H26N2OS/c1-4-5-6-7-8-9-16(20)19-17(21)18-15-11-10-13(2)12-14(15)3/h10-12H,4-9H2,1-3H3,(H2,18,19,20,21). The van der Waals surface area contributed by atoms with Crippen LogP contribution in [0.1, 0.15) is 56.6 Å². The average Bonchev–Trinajstić information content (AvgIpc) is 2.41. The Bertz CT molecular complexity index is 486. The van der Waals surface area contributed by atoms with E-state index in [0.29, 0.717) is 11.5 Å². The number of benzene rings is 1. The third-order valence-corrected chi connectivity index (χ3v) is 3.59. The van der Waals surface area contributed by atoms with Gasteiger partial charge in [-0.3, -0.25) is 4.79 Å². The van der Waals surface area contributed by atoms with Crippen molar-refractivity contribution in [3.05, 3.63) is 29.3 Å². The molecule has 0 aliphatic carbocycles. The van der Waals surface area contributed by atoms with Gasteiger partial charge in [-0.15, -0.1) is 0 Å². The summed E-state index contributed by atoms with van der Waals surface area (Å²) in [5.41, 5.74) is 3.26. The maximum Gasteiger partial charge on any atom is 0.226 e. The molecule has 0 fully saturated rings. The van der Waals surface area contributed by atoms with Gasteiger partial charge in [0, 0.05) is 12.1 Å². The number of thiocarbonyl (C=S) groups is 1. The van der Waals surface area contributed by atoms with Gasteiger partial charge in [0.05, 0.1) is 0 Å². The number of carbonyl (C=O) groups excluding carboxylic acids is 1. The highest BCUT2D eigenvalue weighted by atomic mass is 32.1. The van der Waals surface area contributed by atoms with E-state index in [4.69, 9.17) is 12.2 Å². The number of aryl methyl sites for hydroxylation is 2. The van der Waals surface area contributed by atoms with E-state index in [-0.39, 0.29) is 5.91 Å². The molecule has 0 atom stereocenters.